The molecule has 2 heterocycles. The van der Waals surface area contributed by atoms with E-state index in [0.717, 1.165) is 33.3 Å². The number of hydrogen-bond donors (Lipinski definition) is 3. The van der Waals surface area contributed by atoms with Gasteiger partial charge in [-0.3, -0.25) is 10.1 Å². The summed E-state index contributed by atoms with van der Waals surface area (Å²) in [5, 5.41) is 16.3. The van der Waals surface area contributed by atoms with Crippen molar-refractivity contribution >= 4 is 28.8 Å². The van der Waals surface area contributed by atoms with Crippen molar-refractivity contribution in [2.75, 3.05) is 5.32 Å². The summed E-state index contributed by atoms with van der Waals surface area (Å²) in [5.41, 5.74) is 5.20. The first-order chi connectivity index (χ1) is 18.5. The van der Waals surface area contributed by atoms with E-state index in [4.69, 9.17) is 9.26 Å². The zero-order chi connectivity index (χ0) is 26.3. The number of carboxylic acid groups (broad SMARTS) is 1. The zero-order valence-corrected chi connectivity index (χ0v) is 20.5. The minimum Gasteiger partial charge on any atom is -0.481 e. The molecule has 1 saturated carbocycles. The molecule has 3 N–H and O–H groups in total. The van der Waals surface area contributed by atoms with Crippen molar-refractivity contribution < 1.29 is 24.0 Å². The van der Waals surface area contributed by atoms with Crippen LogP contribution in [0.5, 0.6) is 0 Å². The van der Waals surface area contributed by atoms with Gasteiger partial charge in [-0.1, -0.05) is 71.9 Å². The van der Waals surface area contributed by atoms with Crippen molar-refractivity contribution in [3.05, 3.63) is 90.4 Å². The molecule has 1 aliphatic carbocycles. The van der Waals surface area contributed by atoms with E-state index in [1.165, 1.54) is 6.20 Å². The lowest BCUT2D eigenvalue weighted by Crippen LogP contribution is -2.19. The summed E-state index contributed by atoms with van der Waals surface area (Å²) in [6.07, 6.45) is 3.22. The lowest BCUT2D eigenvalue weighted by molar-refractivity contribution is -0.140. The minimum absolute atomic E-state index is 0.395. The molecular formula is C29H24N4O5. The van der Waals surface area contributed by atoms with Gasteiger partial charge in [0.15, 0.2) is 5.76 Å². The fourth-order valence-corrected chi connectivity index (χ4v) is 4.81. The highest BCUT2D eigenvalue weighted by molar-refractivity contribution is 5.99. The number of nitrogens with zero attached hydrogens (tertiary/aromatic N) is 2. The van der Waals surface area contributed by atoms with E-state index in [2.05, 4.69) is 20.4 Å². The summed E-state index contributed by atoms with van der Waals surface area (Å²) in [7, 11) is 0. The Morgan fingerprint density at radius 2 is 1.79 bits per heavy atom. The molecule has 9 nitrogen and oxygen atoms in total. The van der Waals surface area contributed by atoms with Gasteiger partial charge in [-0.05, 0) is 36.5 Å². The van der Waals surface area contributed by atoms with E-state index in [1.54, 1.807) is 13.3 Å². The maximum Gasteiger partial charge on any atom is 0.412 e. The molecular weight excluding hydrogens is 484 g/mol. The zero-order valence-electron chi connectivity index (χ0n) is 20.5. The third-order valence-electron chi connectivity index (χ3n) is 7.07. The summed E-state index contributed by atoms with van der Waals surface area (Å²) in [6, 6.07) is 20.9. The Morgan fingerprint density at radius 1 is 1.05 bits per heavy atom. The lowest BCUT2D eigenvalue weighted by Gasteiger charge is -2.14. The molecule has 38 heavy (non-hydrogen) atoms. The van der Waals surface area contributed by atoms with Crippen LogP contribution in [0.25, 0.3) is 33.5 Å². The maximum atomic E-state index is 12.5. The number of carbonyl (C=O) groups excluding carboxylic acids is 1. The van der Waals surface area contributed by atoms with E-state index in [-0.39, 0.29) is 0 Å². The number of benzene rings is 3. The van der Waals surface area contributed by atoms with Crippen molar-refractivity contribution in [1.82, 2.24) is 15.1 Å². The van der Waals surface area contributed by atoms with Gasteiger partial charge in [-0.2, -0.15) is 0 Å². The number of imidazole rings is 1. The molecule has 0 saturated heterocycles. The second-order valence-corrected chi connectivity index (χ2v) is 9.40. The number of carboxylic acids is 1. The third kappa shape index (κ3) is 4.07. The number of ether oxygens (including phenoxy) is 1. The Balaban J connectivity index is 1.22. The number of carbonyl (C=O) groups is 2. The van der Waals surface area contributed by atoms with Gasteiger partial charge in [0, 0.05) is 11.1 Å². The number of rotatable bonds is 7. The van der Waals surface area contributed by atoms with E-state index < -0.39 is 23.6 Å². The van der Waals surface area contributed by atoms with Crippen LogP contribution in [-0.2, 0) is 14.9 Å². The Labute approximate surface area is 217 Å². The number of aromatic nitrogens is 3. The van der Waals surface area contributed by atoms with E-state index in [1.807, 2.05) is 66.7 Å². The summed E-state index contributed by atoms with van der Waals surface area (Å²) in [4.78, 5) is 32.0. The van der Waals surface area contributed by atoms with Gasteiger partial charge >= 0.3 is 12.1 Å². The second kappa shape index (κ2) is 9.19. The minimum atomic E-state index is -0.842. The van der Waals surface area contributed by atoms with Crippen LogP contribution in [0, 0.1) is 0 Å². The molecule has 0 aliphatic heterocycles. The Hall–Kier alpha value is -4.92. The fraction of sp³-hybridized carbons (Fsp3) is 0.172. The number of anilines is 1. The predicted octanol–water partition coefficient (Wildman–Crippen LogP) is 6.31. The van der Waals surface area contributed by atoms with Gasteiger partial charge in [0.1, 0.15) is 11.8 Å². The molecule has 1 unspecified atom stereocenters. The number of fused-ring (bicyclic) bond motifs is 1. The molecule has 3 aromatic carbocycles. The van der Waals surface area contributed by atoms with Gasteiger partial charge in [0.05, 0.1) is 29.0 Å². The standard InChI is InChI=1S/C29H24N4O5/c1-17(18-5-3-2-4-6-18)37-28(36)33-23-15-32-38-26(23)20-9-7-19(8-10-20)21-11-12-22(25-24(21)30-16-31-25)29(13-14-29)27(34)35/h2-12,15-17H,13-14H2,1H3,(H,30,31)(H,33,36)(H,34,35). The van der Waals surface area contributed by atoms with E-state index >= 15 is 0 Å². The quantitative estimate of drug-likeness (QED) is 0.235. The van der Waals surface area contributed by atoms with Gasteiger partial charge in [0.25, 0.3) is 0 Å². The van der Waals surface area contributed by atoms with Crippen molar-refractivity contribution in [2.24, 2.45) is 0 Å². The normalized spacial score (nSPS) is 14.7. The fourth-order valence-electron chi connectivity index (χ4n) is 4.81. The molecule has 1 amide bonds. The number of H-pyrrole nitrogens is 1. The van der Waals surface area contributed by atoms with Crippen LogP contribution >= 0.6 is 0 Å². The summed E-state index contributed by atoms with van der Waals surface area (Å²) < 4.78 is 10.9. The number of amides is 1. The van der Waals surface area contributed by atoms with Crippen LogP contribution in [0.1, 0.15) is 37.0 Å². The highest BCUT2D eigenvalue weighted by Gasteiger charge is 2.53. The predicted molar refractivity (Wildman–Crippen MR) is 141 cm³/mol. The molecule has 0 radical (unpaired) electrons. The van der Waals surface area contributed by atoms with Crippen molar-refractivity contribution in [3.63, 3.8) is 0 Å². The number of aliphatic carboxylic acids is 1. The first-order valence-electron chi connectivity index (χ1n) is 12.2. The Kier molecular flexibility index (Phi) is 5.68. The summed E-state index contributed by atoms with van der Waals surface area (Å²) in [6.45, 7) is 1.80. The molecule has 1 fully saturated rings. The summed E-state index contributed by atoms with van der Waals surface area (Å²) in [5.74, 6) is -0.409. The molecule has 5 aromatic rings. The molecule has 190 valence electrons. The highest BCUT2D eigenvalue weighted by Crippen LogP contribution is 2.51. The van der Waals surface area contributed by atoms with Crippen LogP contribution in [0.3, 0.4) is 0 Å². The Bertz CT molecular complexity index is 1630. The van der Waals surface area contributed by atoms with Crippen molar-refractivity contribution in [2.45, 2.75) is 31.3 Å². The van der Waals surface area contributed by atoms with Gasteiger partial charge in [-0.25, -0.2) is 9.78 Å². The van der Waals surface area contributed by atoms with Gasteiger partial charge in [-0.15, -0.1) is 0 Å². The monoisotopic (exact) mass is 508 g/mol. The summed E-state index contributed by atoms with van der Waals surface area (Å²) >= 11 is 0. The van der Waals surface area contributed by atoms with Gasteiger partial charge in [0.2, 0.25) is 0 Å². The van der Waals surface area contributed by atoms with Crippen LogP contribution in [0.2, 0.25) is 0 Å². The Morgan fingerprint density at radius 3 is 2.50 bits per heavy atom. The van der Waals surface area contributed by atoms with E-state index in [9.17, 15) is 14.7 Å². The van der Waals surface area contributed by atoms with Crippen molar-refractivity contribution in [1.29, 1.82) is 0 Å². The van der Waals surface area contributed by atoms with Gasteiger partial charge < -0.3 is 19.4 Å². The first kappa shape index (κ1) is 23.5. The first-order valence-corrected chi connectivity index (χ1v) is 12.2. The topological polar surface area (TPSA) is 130 Å². The SMILES string of the molecule is CC(OC(=O)Nc1cnoc1-c1ccc(-c2ccc(C3(C(=O)O)CC3)c3nc[nH]c23)cc1)c1ccccc1. The smallest absolute Gasteiger partial charge is 0.412 e. The highest BCUT2D eigenvalue weighted by atomic mass is 16.6. The van der Waals surface area contributed by atoms with Crippen LogP contribution < -0.4 is 5.32 Å². The molecule has 1 atom stereocenters. The maximum absolute atomic E-state index is 12.5. The molecule has 1 aliphatic rings. The average molecular weight is 509 g/mol. The molecule has 6 rings (SSSR count). The van der Waals surface area contributed by atoms with Crippen molar-refractivity contribution in [3.8, 4) is 22.5 Å². The van der Waals surface area contributed by atoms with E-state index in [0.29, 0.717) is 29.8 Å². The second-order valence-electron chi connectivity index (χ2n) is 9.40. The molecule has 0 spiro atoms. The number of aromatic amines is 1. The number of hydrogen-bond acceptors (Lipinski definition) is 6. The molecule has 2 aromatic heterocycles. The largest absolute Gasteiger partial charge is 0.481 e. The lowest BCUT2D eigenvalue weighted by atomic mass is 9.91. The number of nitrogens with one attached hydrogen (secondary N) is 2. The molecule has 9 heteroatoms. The van der Waals surface area contributed by atoms with Crippen LogP contribution in [-0.4, -0.2) is 32.3 Å². The third-order valence-corrected chi connectivity index (χ3v) is 7.07. The van der Waals surface area contributed by atoms with Crippen LogP contribution in [0.15, 0.2) is 83.8 Å². The average Bonchev–Trinajstić information content (AvgIpc) is 3.36. The van der Waals surface area contributed by atoms with Crippen LogP contribution in [0.4, 0.5) is 10.5 Å². The molecule has 0 bridgehead atoms.